The van der Waals surface area contributed by atoms with E-state index < -0.39 is 0 Å². The van der Waals surface area contributed by atoms with Gasteiger partial charge in [0.05, 0.1) is 0 Å². The summed E-state index contributed by atoms with van der Waals surface area (Å²) in [7, 11) is 1.80. The average molecular weight is 420 g/mol. The van der Waals surface area contributed by atoms with Gasteiger partial charge in [0.2, 0.25) is 0 Å². The zero-order valence-corrected chi connectivity index (χ0v) is 16.3. The highest BCUT2D eigenvalue weighted by Gasteiger charge is 2.14. The van der Waals surface area contributed by atoms with E-state index in [2.05, 4.69) is 44.2 Å². The van der Waals surface area contributed by atoms with Gasteiger partial charge in [-0.05, 0) is 18.8 Å². The Balaban J connectivity index is 0.00000242. The number of aryl methyl sites for hydroxylation is 1. The number of aliphatic imine (C=N–C) groups is 1. The van der Waals surface area contributed by atoms with Crippen LogP contribution in [-0.2, 0) is 19.4 Å². The van der Waals surface area contributed by atoms with Gasteiger partial charge in [0.15, 0.2) is 5.96 Å². The number of aromatic nitrogens is 3. The van der Waals surface area contributed by atoms with E-state index in [4.69, 9.17) is 0 Å². The van der Waals surface area contributed by atoms with Gasteiger partial charge in [0, 0.05) is 39.5 Å². The summed E-state index contributed by atoms with van der Waals surface area (Å²) >= 11 is 0. The minimum absolute atomic E-state index is 0. The quantitative estimate of drug-likeness (QED) is 0.435. The molecule has 2 heterocycles. The first kappa shape index (κ1) is 19.2. The van der Waals surface area contributed by atoms with Crippen molar-refractivity contribution in [3.05, 3.63) is 11.6 Å². The maximum atomic E-state index is 4.35. The summed E-state index contributed by atoms with van der Waals surface area (Å²) in [6, 6.07) is 0. The lowest BCUT2D eigenvalue weighted by Gasteiger charge is -2.13. The van der Waals surface area contributed by atoms with E-state index in [1.165, 1.54) is 19.3 Å². The molecule has 1 aliphatic heterocycles. The number of nitrogens with one attached hydrogen (secondary N) is 2. The van der Waals surface area contributed by atoms with Crippen LogP contribution in [0.2, 0.25) is 0 Å². The molecule has 0 spiro atoms. The Bertz CT molecular complexity index is 469. The lowest BCUT2D eigenvalue weighted by Crippen LogP contribution is -2.40. The van der Waals surface area contributed by atoms with E-state index in [-0.39, 0.29) is 24.0 Å². The van der Waals surface area contributed by atoms with Crippen molar-refractivity contribution in [2.24, 2.45) is 10.9 Å². The molecule has 1 aliphatic rings. The van der Waals surface area contributed by atoms with Gasteiger partial charge in [-0.1, -0.05) is 20.3 Å². The minimum atomic E-state index is 0. The van der Waals surface area contributed by atoms with E-state index in [0.29, 0.717) is 5.92 Å². The molecule has 22 heavy (non-hydrogen) atoms. The number of nitrogens with zero attached hydrogens (tertiary/aromatic N) is 4. The van der Waals surface area contributed by atoms with E-state index in [1.807, 2.05) is 0 Å². The molecule has 0 aliphatic carbocycles. The van der Waals surface area contributed by atoms with Crippen molar-refractivity contribution in [1.82, 2.24) is 25.4 Å². The fourth-order valence-electron chi connectivity index (χ4n) is 2.54. The molecular weight excluding hydrogens is 391 g/mol. The lowest BCUT2D eigenvalue weighted by molar-refractivity contribution is 0.595. The topological polar surface area (TPSA) is 67.1 Å². The number of fused-ring (bicyclic) bond motifs is 1. The smallest absolute Gasteiger partial charge is 0.190 e. The molecule has 0 unspecified atom stereocenters. The van der Waals surface area contributed by atoms with Crippen LogP contribution in [0.3, 0.4) is 0 Å². The molecule has 1 aromatic rings. The molecule has 0 saturated carbocycles. The molecule has 2 rings (SSSR count). The summed E-state index contributed by atoms with van der Waals surface area (Å²) in [5, 5.41) is 15.3. The zero-order chi connectivity index (χ0) is 15.1. The Labute approximate surface area is 150 Å². The lowest BCUT2D eigenvalue weighted by atomic mass is 10.2. The predicted molar refractivity (Wildman–Crippen MR) is 101 cm³/mol. The molecule has 1 aromatic heterocycles. The van der Waals surface area contributed by atoms with Gasteiger partial charge in [0.25, 0.3) is 0 Å². The molecule has 7 heteroatoms. The van der Waals surface area contributed by atoms with Crippen LogP contribution in [0.4, 0.5) is 0 Å². The molecule has 6 nitrogen and oxygen atoms in total. The first-order valence-corrected chi connectivity index (χ1v) is 8.06. The highest BCUT2D eigenvalue weighted by atomic mass is 127. The summed E-state index contributed by atoms with van der Waals surface area (Å²) in [4.78, 5) is 4.23. The largest absolute Gasteiger partial charge is 0.356 e. The molecule has 0 amide bonds. The average Bonchev–Trinajstić information content (AvgIpc) is 2.70. The summed E-state index contributed by atoms with van der Waals surface area (Å²) in [5.41, 5.74) is 0. The molecule has 0 bridgehead atoms. The van der Waals surface area contributed by atoms with E-state index in [9.17, 15) is 0 Å². The van der Waals surface area contributed by atoms with Gasteiger partial charge in [-0.15, -0.1) is 34.2 Å². The second-order valence-corrected chi connectivity index (χ2v) is 6.02. The van der Waals surface area contributed by atoms with Crippen LogP contribution >= 0.6 is 24.0 Å². The van der Waals surface area contributed by atoms with Crippen molar-refractivity contribution >= 4 is 29.9 Å². The van der Waals surface area contributed by atoms with Crippen LogP contribution in [0, 0.1) is 5.92 Å². The first-order valence-electron chi connectivity index (χ1n) is 8.06. The van der Waals surface area contributed by atoms with Crippen LogP contribution in [0.1, 0.15) is 44.8 Å². The highest BCUT2D eigenvalue weighted by molar-refractivity contribution is 14.0. The molecule has 0 saturated heterocycles. The van der Waals surface area contributed by atoms with Gasteiger partial charge in [-0.3, -0.25) is 4.99 Å². The van der Waals surface area contributed by atoms with Crippen LogP contribution in [0.25, 0.3) is 0 Å². The van der Waals surface area contributed by atoms with Crippen molar-refractivity contribution in [1.29, 1.82) is 0 Å². The monoisotopic (exact) mass is 420 g/mol. The predicted octanol–water partition coefficient (Wildman–Crippen LogP) is 1.99. The summed E-state index contributed by atoms with van der Waals surface area (Å²) in [5.74, 6) is 3.72. The van der Waals surface area contributed by atoms with E-state index in [1.54, 1.807) is 7.05 Å². The van der Waals surface area contributed by atoms with E-state index >= 15 is 0 Å². The third kappa shape index (κ3) is 5.73. The summed E-state index contributed by atoms with van der Waals surface area (Å²) in [6.45, 7) is 7.20. The Morgan fingerprint density at radius 1 is 1.23 bits per heavy atom. The fourth-order valence-corrected chi connectivity index (χ4v) is 2.54. The third-order valence-corrected chi connectivity index (χ3v) is 3.73. The van der Waals surface area contributed by atoms with Crippen molar-refractivity contribution in [2.45, 2.75) is 52.5 Å². The van der Waals surface area contributed by atoms with Crippen molar-refractivity contribution in [3.8, 4) is 0 Å². The van der Waals surface area contributed by atoms with Crippen molar-refractivity contribution in [3.63, 3.8) is 0 Å². The SMILES string of the molecule is CN=C(NCCc1nnc2n1CCCCC2)NCC(C)C.I. The van der Waals surface area contributed by atoms with Crippen LogP contribution in [0.15, 0.2) is 4.99 Å². The normalized spacial score (nSPS) is 15.0. The second kappa shape index (κ2) is 10.0. The molecule has 126 valence electrons. The summed E-state index contributed by atoms with van der Waals surface area (Å²) < 4.78 is 2.30. The van der Waals surface area contributed by atoms with Crippen molar-refractivity contribution in [2.75, 3.05) is 20.1 Å². The maximum absolute atomic E-state index is 4.35. The standard InChI is InChI=1S/C15H28N6.HI/c1-12(2)11-18-15(16-3)17-9-8-14-20-19-13-7-5-4-6-10-21(13)14;/h12H,4-11H2,1-3H3,(H2,16,17,18);1H. The Morgan fingerprint density at radius 3 is 2.77 bits per heavy atom. The number of hydrogen-bond acceptors (Lipinski definition) is 3. The zero-order valence-electron chi connectivity index (χ0n) is 13.9. The molecule has 0 aromatic carbocycles. The number of rotatable bonds is 5. The fraction of sp³-hybridized carbons (Fsp3) is 0.800. The molecule has 0 atom stereocenters. The van der Waals surface area contributed by atoms with Crippen LogP contribution in [0.5, 0.6) is 0 Å². The van der Waals surface area contributed by atoms with Crippen LogP contribution < -0.4 is 10.6 Å². The van der Waals surface area contributed by atoms with Crippen molar-refractivity contribution < 1.29 is 0 Å². The number of guanidine groups is 1. The van der Waals surface area contributed by atoms with Gasteiger partial charge in [-0.25, -0.2) is 0 Å². The third-order valence-electron chi connectivity index (χ3n) is 3.73. The van der Waals surface area contributed by atoms with Crippen LogP contribution in [-0.4, -0.2) is 40.9 Å². The van der Waals surface area contributed by atoms with E-state index in [0.717, 1.165) is 50.1 Å². The molecule has 0 fully saturated rings. The Hall–Kier alpha value is -0.860. The van der Waals surface area contributed by atoms with Gasteiger partial charge in [-0.2, -0.15) is 0 Å². The first-order chi connectivity index (χ1) is 10.2. The maximum Gasteiger partial charge on any atom is 0.190 e. The van der Waals surface area contributed by atoms with Gasteiger partial charge < -0.3 is 15.2 Å². The Kier molecular flexibility index (Phi) is 8.74. The highest BCUT2D eigenvalue weighted by Crippen LogP contribution is 2.14. The summed E-state index contributed by atoms with van der Waals surface area (Å²) in [6.07, 6.45) is 5.73. The van der Waals surface area contributed by atoms with Gasteiger partial charge in [0.1, 0.15) is 11.6 Å². The molecular formula is C15H29IN6. The molecule has 2 N–H and O–H groups in total. The number of halogens is 1. The number of hydrogen-bond donors (Lipinski definition) is 2. The molecule has 0 radical (unpaired) electrons. The van der Waals surface area contributed by atoms with Gasteiger partial charge >= 0.3 is 0 Å². The Morgan fingerprint density at radius 2 is 2.05 bits per heavy atom. The second-order valence-electron chi connectivity index (χ2n) is 6.02. The minimum Gasteiger partial charge on any atom is -0.356 e.